The first-order valence-corrected chi connectivity index (χ1v) is 7.99. The lowest BCUT2D eigenvalue weighted by Crippen LogP contribution is -2.29. The monoisotopic (exact) mass is 302 g/mol. The molecule has 0 radical (unpaired) electrons. The number of thiazole rings is 1. The van der Waals surface area contributed by atoms with Gasteiger partial charge in [-0.25, -0.2) is 9.78 Å². The lowest BCUT2D eigenvalue weighted by Gasteiger charge is -2.25. The third kappa shape index (κ3) is 3.14. The van der Waals surface area contributed by atoms with Gasteiger partial charge in [0.1, 0.15) is 0 Å². The van der Waals surface area contributed by atoms with Gasteiger partial charge in [-0.05, 0) is 24.1 Å². The molecule has 3 rings (SSSR count). The van der Waals surface area contributed by atoms with Gasteiger partial charge in [0.25, 0.3) is 0 Å². The summed E-state index contributed by atoms with van der Waals surface area (Å²) in [6.07, 6.45) is 2.02. The molecule has 2 heterocycles. The fraction of sp³-hybridized carbons (Fsp3) is 0.375. The maximum Gasteiger partial charge on any atom is 0.335 e. The molecule has 21 heavy (non-hydrogen) atoms. The average molecular weight is 302 g/mol. The van der Waals surface area contributed by atoms with E-state index in [0.717, 1.165) is 38.0 Å². The number of hydrogen-bond acceptors (Lipinski definition) is 4. The predicted octanol–water partition coefficient (Wildman–Crippen LogP) is 2.96. The third-order valence-corrected chi connectivity index (χ3v) is 4.99. The van der Waals surface area contributed by atoms with Gasteiger partial charge in [0.2, 0.25) is 0 Å². The van der Waals surface area contributed by atoms with E-state index in [0.29, 0.717) is 5.56 Å². The van der Waals surface area contributed by atoms with E-state index in [1.54, 1.807) is 12.1 Å². The van der Waals surface area contributed by atoms with Gasteiger partial charge in [-0.1, -0.05) is 19.1 Å². The molecule has 0 spiro atoms. The van der Waals surface area contributed by atoms with E-state index in [4.69, 9.17) is 5.11 Å². The molecular weight excluding hydrogens is 284 g/mol. The van der Waals surface area contributed by atoms with Crippen molar-refractivity contribution in [2.75, 3.05) is 6.54 Å². The Hall–Kier alpha value is -1.72. The number of rotatable bonds is 4. The van der Waals surface area contributed by atoms with Gasteiger partial charge in [-0.15, -0.1) is 11.3 Å². The zero-order valence-corrected chi connectivity index (χ0v) is 12.8. The van der Waals surface area contributed by atoms with Crippen molar-refractivity contribution in [3.05, 3.63) is 51.0 Å². The van der Waals surface area contributed by atoms with Crippen molar-refractivity contribution in [3.8, 4) is 0 Å². The first kappa shape index (κ1) is 14.2. The summed E-state index contributed by atoms with van der Waals surface area (Å²) in [5.74, 6) is -0.874. The second-order valence-corrected chi connectivity index (χ2v) is 6.46. The van der Waals surface area contributed by atoms with Crippen LogP contribution in [-0.4, -0.2) is 27.5 Å². The van der Waals surface area contributed by atoms with Crippen LogP contribution in [0.3, 0.4) is 0 Å². The maximum absolute atomic E-state index is 10.9. The van der Waals surface area contributed by atoms with Crippen LogP contribution in [0, 0.1) is 0 Å². The molecule has 0 unspecified atom stereocenters. The summed E-state index contributed by atoms with van der Waals surface area (Å²) in [7, 11) is 0. The Labute approximate surface area is 128 Å². The molecular formula is C16H18N2O2S. The average Bonchev–Trinajstić information content (AvgIpc) is 2.90. The number of fused-ring (bicyclic) bond motifs is 1. The Balaban J connectivity index is 1.67. The van der Waals surface area contributed by atoms with Crippen LogP contribution in [-0.2, 0) is 25.9 Å². The van der Waals surface area contributed by atoms with Crippen LogP contribution in [0.15, 0.2) is 24.3 Å². The highest BCUT2D eigenvalue weighted by Gasteiger charge is 2.20. The summed E-state index contributed by atoms with van der Waals surface area (Å²) >= 11 is 1.83. The molecule has 0 saturated carbocycles. The molecule has 5 heteroatoms. The van der Waals surface area contributed by atoms with E-state index in [1.807, 2.05) is 23.5 Å². The predicted molar refractivity (Wildman–Crippen MR) is 82.7 cm³/mol. The van der Waals surface area contributed by atoms with E-state index in [9.17, 15) is 4.79 Å². The standard InChI is InChI=1S/C16H18N2O2S/c1-2-15-17-13-7-8-18(10-14(13)21-15)9-11-3-5-12(6-4-11)16(19)20/h3-6H,2,7-10H2,1H3,(H,19,20). The van der Waals surface area contributed by atoms with Crippen molar-refractivity contribution < 1.29 is 9.90 Å². The normalized spacial score (nSPS) is 14.9. The number of aromatic nitrogens is 1. The molecule has 1 N–H and O–H groups in total. The first-order valence-electron chi connectivity index (χ1n) is 7.17. The minimum Gasteiger partial charge on any atom is -0.478 e. The van der Waals surface area contributed by atoms with Gasteiger partial charge in [0.05, 0.1) is 16.3 Å². The SMILES string of the molecule is CCc1nc2c(s1)CN(Cc1ccc(C(=O)O)cc1)CC2. The molecule has 110 valence electrons. The number of carboxylic acids is 1. The molecule has 1 aliphatic rings. The quantitative estimate of drug-likeness (QED) is 0.943. The Kier molecular flexibility index (Phi) is 4.03. The van der Waals surface area contributed by atoms with E-state index in [1.165, 1.54) is 15.6 Å². The van der Waals surface area contributed by atoms with Crippen LogP contribution in [0.2, 0.25) is 0 Å². The molecule has 2 aromatic rings. The molecule has 0 aliphatic carbocycles. The van der Waals surface area contributed by atoms with Crippen LogP contribution in [0.25, 0.3) is 0 Å². The van der Waals surface area contributed by atoms with Crippen LogP contribution < -0.4 is 0 Å². The van der Waals surface area contributed by atoms with E-state index in [-0.39, 0.29) is 0 Å². The van der Waals surface area contributed by atoms with Crippen LogP contribution in [0.1, 0.15) is 38.4 Å². The number of benzene rings is 1. The minimum atomic E-state index is -0.874. The molecule has 0 amide bonds. The van der Waals surface area contributed by atoms with Crippen molar-refractivity contribution in [2.45, 2.75) is 32.9 Å². The molecule has 1 aromatic heterocycles. The van der Waals surface area contributed by atoms with Crippen LogP contribution in [0.4, 0.5) is 0 Å². The number of aryl methyl sites for hydroxylation is 1. The molecule has 4 nitrogen and oxygen atoms in total. The van der Waals surface area contributed by atoms with Gasteiger partial charge in [0, 0.05) is 30.9 Å². The summed E-state index contributed by atoms with van der Waals surface area (Å²) in [6.45, 7) is 4.97. The van der Waals surface area contributed by atoms with Gasteiger partial charge in [0.15, 0.2) is 0 Å². The summed E-state index contributed by atoms with van der Waals surface area (Å²) in [4.78, 5) is 19.3. The Morgan fingerprint density at radius 1 is 1.38 bits per heavy atom. The fourth-order valence-electron chi connectivity index (χ4n) is 2.60. The zero-order valence-electron chi connectivity index (χ0n) is 12.0. The molecule has 0 bridgehead atoms. The highest BCUT2D eigenvalue weighted by atomic mass is 32.1. The molecule has 0 atom stereocenters. The highest BCUT2D eigenvalue weighted by Crippen LogP contribution is 2.26. The van der Waals surface area contributed by atoms with E-state index < -0.39 is 5.97 Å². The zero-order chi connectivity index (χ0) is 14.8. The molecule has 1 aliphatic heterocycles. The van der Waals surface area contributed by atoms with Crippen molar-refractivity contribution in [1.82, 2.24) is 9.88 Å². The Morgan fingerprint density at radius 2 is 2.14 bits per heavy atom. The van der Waals surface area contributed by atoms with Gasteiger partial charge in [-0.3, -0.25) is 4.90 Å². The fourth-order valence-corrected chi connectivity index (χ4v) is 3.70. The van der Waals surface area contributed by atoms with Crippen molar-refractivity contribution in [1.29, 1.82) is 0 Å². The van der Waals surface area contributed by atoms with E-state index in [2.05, 4.69) is 16.8 Å². The summed E-state index contributed by atoms with van der Waals surface area (Å²) in [5.41, 5.74) is 2.77. The smallest absolute Gasteiger partial charge is 0.335 e. The highest BCUT2D eigenvalue weighted by molar-refractivity contribution is 7.11. The number of hydrogen-bond donors (Lipinski definition) is 1. The van der Waals surface area contributed by atoms with Crippen molar-refractivity contribution >= 4 is 17.3 Å². The summed E-state index contributed by atoms with van der Waals surface area (Å²) in [5, 5.41) is 10.1. The number of nitrogens with zero attached hydrogens (tertiary/aromatic N) is 2. The second kappa shape index (κ2) is 5.95. The summed E-state index contributed by atoms with van der Waals surface area (Å²) < 4.78 is 0. The molecule has 1 aromatic carbocycles. The topological polar surface area (TPSA) is 53.4 Å². The molecule has 0 saturated heterocycles. The van der Waals surface area contributed by atoms with Crippen LogP contribution >= 0.6 is 11.3 Å². The van der Waals surface area contributed by atoms with Gasteiger partial charge < -0.3 is 5.11 Å². The summed E-state index contributed by atoms with van der Waals surface area (Å²) in [6, 6.07) is 7.16. The number of aromatic carboxylic acids is 1. The third-order valence-electron chi connectivity index (χ3n) is 3.76. The van der Waals surface area contributed by atoms with Gasteiger partial charge in [-0.2, -0.15) is 0 Å². The number of carboxylic acid groups (broad SMARTS) is 1. The first-order chi connectivity index (χ1) is 10.2. The Morgan fingerprint density at radius 3 is 2.81 bits per heavy atom. The lowest BCUT2D eigenvalue weighted by atomic mass is 10.1. The number of carbonyl (C=O) groups is 1. The maximum atomic E-state index is 10.9. The largest absolute Gasteiger partial charge is 0.478 e. The lowest BCUT2D eigenvalue weighted by molar-refractivity contribution is 0.0697. The van der Waals surface area contributed by atoms with Gasteiger partial charge >= 0.3 is 5.97 Å². The molecule has 0 fully saturated rings. The van der Waals surface area contributed by atoms with Crippen molar-refractivity contribution in [3.63, 3.8) is 0 Å². The van der Waals surface area contributed by atoms with Crippen LogP contribution in [0.5, 0.6) is 0 Å². The van der Waals surface area contributed by atoms with Crippen molar-refractivity contribution in [2.24, 2.45) is 0 Å². The minimum absolute atomic E-state index is 0.342. The van der Waals surface area contributed by atoms with E-state index >= 15 is 0 Å². The Bertz CT molecular complexity index is 649. The second-order valence-electron chi connectivity index (χ2n) is 5.29.